The summed E-state index contributed by atoms with van der Waals surface area (Å²) in [4.78, 5) is 92.3. The fourth-order valence-electron chi connectivity index (χ4n) is 11.5. The molecule has 8 atom stereocenters. The highest BCUT2D eigenvalue weighted by molar-refractivity contribution is 7.09. The number of nitrogens with zero attached hydrogens (tertiary/aromatic N) is 4. The van der Waals surface area contributed by atoms with Gasteiger partial charge in [0.2, 0.25) is 11.8 Å². The molecule has 1 fully saturated rings. The van der Waals surface area contributed by atoms with Crippen molar-refractivity contribution in [3.8, 4) is 5.75 Å². The number of rotatable bonds is 32. The van der Waals surface area contributed by atoms with Gasteiger partial charge in [-0.05, 0) is 104 Å². The molecule has 0 saturated carbocycles. The Bertz CT molecular complexity index is 3490. The van der Waals surface area contributed by atoms with Crippen molar-refractivity contribution in [1.29, 1.82) is 0 Å². The monoisotopic (exact) mass is 1350 g/mol. The molecule has 5 aromatic carbocycles. The predicted molar refractivity (Wildman–Crippen MR) is 376 cm³/mol. The minimum absolute atomic E-state index is 0.0671. The van der Waals surface area contributed by atoms with Crippen molar-refractivity contribution in [2.24, 2.45) is 11.8 Å². The normalized spacial score (nSPS) is 14.7. The van der Waals surface area contributed by atoms with E-state index in [1.165, 1.54) is 16.2 Å². The zero-order valence-electron chi connectivity index (χ0n) is 56.6. The first kappa shape index (κ1) is 74.7. The first-order chi connectivity index (χ1) is 46.1. The summed E-state index contributed by atoms with van der Waals surface area (Å²) in [6.07, 6.45) is 1.67. The number of aliphatic hydroxyl groups is 2. The van der Waals surface area contributed by atoms with Crippen molar-refractivity contribution in [2.75, 3.05) is 26.7 Å². The van der Waals surface area contributed by atoms with E-state index in [-0.39, 0.29) is 67.7 Å². The van der Waals surface area contributed by atoms with E-state index < -0.39 is 54.6 Å². The number of hydrogen-bond donors (Lipinski definition) is 8. The molecule has 8 rings (SSSR count). The van der Waals surface area contributed by atoms with E-state index in [0.29, 0.717) is 57.0 Å². The highest BCUT2D eigenvalue weighted by atomic mass is 32.1. The lowest BCUT2D eigenvalue weighted by Crippen LogP contribution is -2.59. The fourth-order valence-corrected chi connectivity index (χ4v) is 12.8. The summed E-state index contributed by atoms with van der Waals surface area (Å²) in [6.45, 7) is 16.9. The largest absolute Gasteiger partial charge is 0.483 e. The average Bonchev–Trinajstić information content (AvgIpc) is 1.12. The summed E-state index contributed by atoms with van der Waals surface area (Å²) >= 11 is 2.95. The molecule has 22 heteroatoms. The highest BCUT2D eigenvalue weighted by Gasteiger charge is 2.37. The summed E-state index contributed by atoms with van der Waals surface area (Å²) < 4.78 is 11.3. The quantitative estimate of drug-likeness (QED) is 0.0196. The van der Waals surface area contributed by atoms with Crippen molar-refractivity contribution in [3.63, 3.8) is 0 Å². The van der Waals surface area contributed by atoms with Gasteiger partial charge in [-0.25, -0.2) is 19.4 Å². The maximum absolute atomic E-state index is 13.9. The Hall–Kier alpha value is -8.70. The standard InChI is InChI=1S/C37H48N6O5S2.C37H48N4O5/c1-24(2)33(42-36(46)43(5)20-29-22-49-35(40-29)25(3)4)34(45)39-28(16-26-12-8-6-9-13-26)18-32(44)31(17-27-14-10-7-11-15-27)41-37(47)48-21-30-19-38-23-50-30;1-25(2)34(41-20-12-19-38-37(41)45)36(44)39-30(21-28-15-7-5-8-16-28)23-32(42)31(22-29-17-9-6-10-18-29)40-33(43)24-46-35-26(3)13-11-14-27(35)4/h6-15,19,22-25,28,31-33,44H,16-18,20-21H2,1-5H3,(H,39,45)(H,41,47)(H,42,46);5-11,13-18,25,30-32,34,42H,12,19-24H2,1-4H3,(H,38,45)(H,39,44)(H,40,43)/t28-,31-,32-,33-;30-,31-,32-,34-/m00/s1. The molecular formula is C74H96N10O10S2. The van der Waals surface area contributed by atoms with Gasteiger partial charge in [-0.15, -0.1) is 22.7 Å². The number of para-hydroxylation sites is 1. The molecule has 2 aromatic heterocycles. The van der Waals surface area contributed by atoms with Crippen molar-refractivity contribution in [3.05, 3.63) is 206 Å². The minimum Gasteiger partial charge on any atom is -0.483 e. The Morgan fingerprint density at radius 2 is 1.17 bits per heavy atom. The summed E-state index contributed by atoms with van der Waals surface area (Å²) in [5.41, 5.74) is 8.19. The topological polar surface area (TPSA) is 266 Å². The molecular weight excluding hydrogens is 1250 g/mol. The Morgan fingerprint density at radius 3 is 1.65 bits per heavy atom. The second-order valence-corrected chi connectivity index (χ2v) is 27.4. The number of hydrogen-bond acceptors (Lipinski definition) is 14. The van der Waals surface area contributed by atoms with Gasteiger partial charge in [-0.2, -0.15) is 0 Å². The van der Waals surface area contributed by atoms with Crippen LogP contribution in [0.25, 0.3) is 0 Å². The second-order valence-electron chi connectivity index (χ2n) is 25.6. The molecule has 0 aliphatic carbocycles. The van der Waals surface area contributed by atoms with Gasteiger partial charge < -0.3 is 61.4 Å². The molecule has 8 N–H and O–H groups in total. The molecule has 1 saturated heterocycles. The van der Waals surface area contributed by atoms with E-state index in [9.17, 15) is 39.0 Å². The van der Waals surface area contributed by atoms with E-state index in [4.69, 9.17) is 9.47 Å². The summed E-state index contributed by atoms with van der Waals surface area (Å²) in [7, 11) is 1.68. The first-order valence-corrected chi connectivity index (χ1v) is 34.8. The van der Waals surface area contributed by atoms with Crippen molar-refractivity contribution < 1.29 is 48.5 Å². The van der Waals surface area contributed by atoms with Gasteiger partial charge in [0.1, 0.15) is 24.4 Å². The third-order valence-electron chi connectivity index (χ3n) is 16.5. The molecule has 1 aliphatic rings. The number of benzene rings is 5. The number of aromatic nitrogens is 2. The molecule has 1 aliphatic heterocycles. The maximum Gasteiger partial charge on any atom is 0.407 e. The Morgan fingerprint density at radius 1 is 0.646 bits per heavy atom. The summed E-state index contributed by atoms with van der Waals surface area (Å²) in [5, 5.41) is 44.2. The maximum atomic E-state index is 13.9. The third-order valence-corrected chi connectivity index (χ3v) is 18.5. The van der Waals surface area contributed by atoms with Crippen LogP contribution in [0.4, 0.5) is 14.4 Å². The molecule has 96 heavy (non-hydrogen) atoms. The van der Waals surface area contributed by atoms with Gasteiger partial charge >= 0.3 is 18.2 Å². The smallest absolute Gasteiger partial charge is 0.407 e. The van der Waals surface area contributed by atoms with Crippen LogP contribution in [-0.4, -0.2) is 141 Å². The number of urea groups is 2. The van der Waals surface area contributed by atoms with Crippen LogP contribution in [0, 0.1) is 25.7 Å². The van der Waals surface area contributed by atoms with Crippen molar-refractivity contribution in [2.45, 2.75) is 168 Å². The Balaban J connectivity index is 0.000000272. The Labute approximate surface area is 573 Å². The number of aliphatic hydroxyl groups excluding tert-OH is 2. The van der Waals surface area contributed by atoms with E-state index in [1.54, 1.807) is 35.0 Å². The average molecular weight is 1350 g/mol. The predicted octanol–water partition coefficient (Wildman–Crippen LogP) is 10.2. The van der Waals surface area contributed by atoms with Crippen LogP contribution < -0.4 is 36.6 Å². The second kappa shape index (κ2) is 38.1. The third kappa shape index (κ3) is 24.2. The van der Waals surface area contributed by atoms with Crippen LogP contribution in [0.1, 0.15) is 116 Å². The number of carbonyl (C=O) groups excluding carboxylic acids is 6. The van der Waals surface area contributed by atoms with E-state index >= 15 is 0 Å². The van der Waals surface area contributed by atoms with Gasteiger partial charge in [0.25, 0.3) is 5.91 Å². The molecule has 0 bridgehead atoms. The van der Waals surface area contributed by atoms with Gasteiger partial charge in [0.15, 0.2) is 6.61 Å². The van der Waals surface area contributed by atoms with Crippen molar-refractivity contribution >= 4 is 58.6 Å². The summed E-state index contributed by atoms with van der Waals surface area (Å²) in [6, 6.07) is 40.1. The van der Waals surface area contributed by atoms with Crippen LogP contribution in [0.3, 0.4) is 0 Å². The van der Waals surface area contributed by atoms with Crippen LogP contribution in [0.15, 0.2) is 157 Å². The number of amides is 8. The lowest BCUT2D eigenvalue weighted by molar-refractivity contribution is -0.128. The number of ether oxygens (including phenoxy) is 2. The molecule has 3 heterocycles. The number of nitrogens with one attached hydrogen (secondary N) is 6. The van der Waals surface area contributed by atoms with Crippen LogP contribution >= 0.6 is 22.7 Å². The fraction of sp³-hybridized carbons (Fsp3) is 0.432. The first-order valence-electron chi connectivity index (χ1n) is 33.0. The molecule has 20 nitrogen and oxygen atoms in total. The molecule has 7 aromatic rings. The number of aryl methyl sites for hydroxylation is 2. The molecule has 8 amide bonds. The number of carbonyl (C=O) groups is 6. The summed E-state index contributed by atoms with van der Waals surface area (Å²) in [5.74, 6) is -0.326. The van der Waals surface area contributed by atoms with Gasteiger partial charge in [-0.1, -0.05) is 181 Å². The number of alkyl carbamates (subject to hydrolysis) is 1. The SMILES string of the molecule is CC(C)c1nc(CN(C)C(=O)N[C@H](C(=O)N[C@@H](Cc2ccccc2)C[C@H](O)[C@H](Cc2ccccc2)NC(=O)OCc2cncs2)C(C)C)cs1.Cc1cccc(C)c1OCC(=O)N[C@@H](Cc1ccccc1)[C@@H](O)C[C@H](Cc1ccccc1)NC(=O)[C@H](C(C)C)N1CCCNC1=O. The zero-order valence-corrected chi connectivity index (χ0v) is 58.2. The lowest BCUT2D eigenvalue weighted by Gasteiger charge is -2.37. The molecule has 514 valence electrons. The van der Waals surface area contributed by atoms with Gasteiger partial charge in [0, 0.05) is 49.7 Å². The van der Waals surface area contributed by atoms with Crippen LogP contribution in [-0.2, 0) is 58.0 Å². The van der Waals surface area contributed by atoms with Gasteiger partial charge in [-0.3, -0.25) is 19.4 Å². The Kier molecular flexibility index (Phi) is 29.7. The molecule has 0 spiro atoms. The minimum atomic E-state index is -1.05. The zero-order chi connectivity index (χ0) is 69.1. The van der Waals surface area contributed by atoms with Crippen LogP contribution in [0.2, 0.25) is 0 Å². The highest BCUT2D eigenvalue weighted by Crippen LogP contribution is 2.25. The molecule has 0 radical (unpaired) electrons. The van der Waals surface area contributed by atoms with E-state index in [0.717, 1.165) is 55.4 Å². The van der Waals surface area contributed by atoms with E-state index in [2.05, 4.69) is 55.7 Å². The molecule has 0 unspecified atom stereocenters. The van der Waals surface area contributed by atoms with Gasteiger partial charge in [0.05, 0.1) is 51.9 Å². The number of thiazole rings is 2. The lowest BCUT2D eigenvalue weighted by atomic mass is 9.92. The van der Waals surface area contributed by atoms with E-state index in [1.807, 2.05) is 186 Å². The van der Waals surface area contributed by atoms with Crippen LogP contribution in [0.5, 0.6) is 5.75 Å². The van der Waals surface area contributed by atoms with Crippen molar-refractivity contribution in [1.82, 2.24) is 51.7 Å².